The normalized spacial score (nSPS) is 16.3. The van der Waals surface area contributed by atoms with Crippen LogP contribution < -0.4 is 5.32 Å². The third-order valence-electron chi connectivity index (χ3n) is 5.32. The van der Waals surface area contributed by atoms with Crippen LogP contribution in [0.25, 0.3) is 16.6 Å². The van der Waals surface area contributed by atoms with Crippen molar-refractivity contribution in [1.29, 1.82) is 0 Å². The molecular formula is C22H20N6S. The maximum atomic E-state index is 5.72. The van der Waals surface area contributed by atoms with Gasteiger partial charge in [0.1, 0.15) is 5.03 Å². The molecule has 7 heteroatoms. The van der Waals surface area contributed by atoms with E-state index in [2.05, 4.69) is 44.1 Å². The molecule has 5 heterocycles. The first-order chi connectivity index (χ1) is 14.2. The van der Waals surface area contributed by atoms with Gasteiger partial charge in [0.15, 0.2) is 0 Å². The molecule has 1 unspecified atom stereocenters. The maximum absolute atomic E-state index is 5.72. The Kier molecular flexibility index (Phi) is 4.58. The Bertz CT molecular complexity index is 1210. The Morgan fingerprint density at radius 2 is 2.21 bits per heavy atom. The van der Waals surface area contributed by atoms with Crippen LogP contribution in [0, 0.1) is 19.3 Å². The highest BCUT2D eigenvalue weighted by molar-refractivity contribution is 7.99. The van der Waals surface area contributed by atoms with Crippen LogP contribution in [-0.4, -0.2) is 37.5 Å². The Hall–Kier alpha value is -3.08. The SMILES string of the molecule is C#Cc1cnn2cc(-c3cnn(C4CCNC4)c3C)cc(Sc3ccccn3)c12. The van der Waals surface area contributed by atoms with Crippen LogP contribution in [-0.2, 0) is 0 Å². The average molecular weight is 401 g/mol. The highest BCUT2D eigenvalue weighted by Crippen LogP contribution is 2.36. The van der Waals surface area contributed by atoms with Gasteiger partial charge in [0.2, 0.25) is 0 Å². The van der Waals surface area contributed by atoms with Crippen molar-refractivity contribution in [3.63, 3.8) is 0 Å². The molecule has 0 aromatic carbocycles. The van der Waals surface area contributed by atoms with Gasteiger partial charge < -0.3 is 5.32 Å². The lowest BCUT2D eigenvalue weighted by molar-refractivity contribution is 0.480. The molecule has 0 amide bonds. The summed E-state index contributed by atoms with van der Waals surface area (Å²) in [7, 11) is 0. The van der Waals surface area contributed by atoms with Gasteiger partial charge in [-0.2, -0.15) is 10.2 Å². The molecule has 5 rings (SSSR count). The predicted molar refractivity (Wildman–Crippen MR) is 114 cm³/mol. The van der Waals surface area contributed by atoms with Crippen LogP contribution in [0.15, 0.2) is 59.0 Å². The Morgan fingerprint density at radius 1 is 1.28 bits per heavy atom. The number of rotatable bonds is 4. The average Bonchev–Trinajstić information content (AvgIpc) is 3.48. The minimum Gasteiger partial charge on any atom is -0.315 e. The summed E-state index contributed by atoms with van der Waals surface area (Å²) >= 11 is 1.59. The van der Waals surface area contributed by atoms with Gasteiger partial charge in [0, 0.05) is 40.7 Å². The molecule has 4 aromatic rings. The van der Waals surface area contributed by atoms with Gasteiger partial charge in [0.25, 0.3) is 0 Å². The van der Waals surface area contributed by atoms with E-state index in [0.717, 1.165) is 57.3 Å². The summed E-state index contributed by atoms with van der Waals surface area (Å²) in [6, 6.07) is 8.47. The summed E-state index contributed by atoms with van der Waals surface area (Å²) in [4.78, 5) is 5.48. The lowest BCUT2D eigenvalue weighted by atomic mass is 10.1. The van der Waals surface area contributed by atoms with E-state index in [1.165, 1.54) is 0 Å². The fraction of sp³-hybridized carbons (Fsp3) is 0.227. The number of hydrogen-bond donors (Lipinski definition) is 1. The Labute approximate surface area is 173 Å². The summed E-state index contributed by atoms with van der Waals surface area (Å²) < 4.78 is 4.00. The number of nitrogens with one attached hydrogen (secondary N) is 1. The fourth-order valence-corrected chi connectivity index (χ4v) is 4.83. The van der Waals surface area contributed by atoms with Crippen LogP contribution in [0.2, 0.25) is 0 Å². The van der Waals surface area contributed by atoms with Crippen molar-refractivity contribution in [2.45, 2.75) is 29.3 Å². The summed E-state index contributed by atoms with van der Waals surface area (Å²) in [5.74, 6) is 2.75. The van der Waals surface area contributed by atoms with Crippen LogP contribution >= 0.6 is 11.8 Å². The molecule has 0 radical (unpaired) electrons. The number of pyridine rings is 2. The number of fused-ring (bicyclic) bond motifs is 1. The lowest BCUT2D eigenvalue weighted by Crippen LogP contribution is -2.15. The molecule has 0 aliphatic carbocycles. The van der Waals surface area contributed by atoms with E-state index in [4.69, 9.17) is 6.42 Å². The number of nitrogens with zero attached hydrogens (tertiary/aromatic N) is 5. The molecule has 0 bridgehead atoms. The van der Waals surface area contributed by atoms with Gasteiger partial charge in [0.05, 0.1) is 29.5 Å². The van der Waals surface area contributed by atoms with Crippen molar-refractivity contribution in [2.24, 2.45) is 0 Å². The molecule has 1 N–H and O–H groups in total. The second-order valence-corrected chi connectivity index (χ2v) is 8.16. The van der Waals surface area contributed by atoms with Crippen molar-refractivity contribution in [1.82, 2.24) is 29.7 Å². The maximum Gasteiger partial charge on any atom is 0.101 e. The van der Waals surface area contributed by atoms with E-state index in [-0.39, 0.29) is 0 Å². The molecule has 4 aromatic heterocycles. The van der Waals surface area contributed by atoms with Gasteiger partial charge in [-0.15, -0.1) is 6.42 Å². The van der Waals surface area contributed by atoms with Gasteiger partial charge >= 0.3 is 0 Å². The van der Waals surface area contributed by atoms with E-state index >= 15 is 0 Å². The standard InChI is InChI=1S/C22H20N6S/c1-3-16-11-25-27-14-17(10-20(22(16)27)29-21-6-4-5-8-24-21)19-13-26-28(15(19)2)18-7-9-23-12-18/h1,4-6,8,10-11,13-14,18,23H,7,9,12H2,2H3. The minimum atomic E-state index is 0.410. The largest absolute Gasteiger partial charge is 0.315 e. The Balaban J connectivity index is 1.63. The van der Waals surface area contributed by atoms with E-state index < -0.39 is 0 Å². The first kappa shape index (κ1) is 18.0. The summed E-state index contributed by atoms with van der Waals surface area (Å²) in [5, 5.41) is 13.5. The first-order valence-electron chi connectivity index (χ1n) is 9.56. The molecule has 144 valence electrons. The molecule has 0 saturated carbocycles. The van der Waals surface area contributed by atoms with Gasteiger partial charge in [-0.25, -0.2) is 9.50 Å². The van der Waals surface area contributed by atoms with Crippen molar-refractivity contribution >= 4 is 17.3 Å². The highest BCUT2D eigenvalue weighted by Gasteiger charge is 2.21. The topological polar surface area (TPSA) is 60.0 Å². The van der Waals surface area contributed by atoms with Crippen LogP contribution in [0.4, 0.5) is 0 Å². The molecule has 1 atom stereocenters. The fourth-order valence-electron chi connectivity index (χ4n) is 3.86. The van der Waals surface area contributed by atoms with E-state index in [9.17, 15) is 0 Å². The molecule has 29 heavy (non-hydrogen) atoms. The third kappa shape index (κ3) is 3.20. The van der Waals surface area contributed by atoms with Crippen molar-refractivity contribution in [3.8, 4) is 23.5 Å². The molecule has 1 aliphatic heterocycles. The quantitative estimate of drug-likeness (QED) is 0.531. The number of hydrogen-bond acceptors (Lipinski definition) is 5. The van der Waals surface area contributed by atoms with Crippen molar-refractivity contribution in [2.75, 3.05) is 13.1 Å². The zero-order valence-electron chi connectivity index (χ0n) is 16.0. The highest BCUT2D eigenvalue weighted by atomic mass is 32.2. The second-order valence-electron chi connectivity index (χ2n) is 7.09. The van der Waals surface area contributed by atoms with Crippen LogP contribution in [0.5, 0.6) is 0 Å². The lowest BCUT2D eigenvalue weighted by Gasteiger charge is -2.13. The molecule has 1 fully saturated rings. The molecular weight excluding hydrogens is 380 g/mol. The minimum absolute atomic E-state index is 0.410. The van der Waals surface area contributed by atoms with E-state index in [0.29, 0.717) is 6.04 Å². The predicted octanol–water partition coefficient (Wildman–Crippen LogP) is 3.57. The van der Waals surface area contributed by atoms with Crippen molar-refractivity contribution < 1.29 is 0 Å². The molecule has 1 saturated heterocycles. The van der Waals surface area contributed by atoms with E-state index in [1.54, 1.807) is 24.2 Å². The van der Waals surface area contributed by atoms with Gasteiger partial charge in [-0.3, -0.25) is 4.68 Å². The van der Waals surface area contributed by atoms with E-state index in [1.807, 2.05) is 35.1 Å². The second kappa shape index (κ2) is 7.39. The van der Waals surface area contributed by atoms with Crippen molar-refractivity contribution in [3.05, 3.63) is 60.3 Å². The summed E-state index contributed by atoms with van der Waals surface area (Å²) in [5.41, 5.74) is 5.05. The summed E-state index contributed by atoms with van der Waals surface area (Å²) in [6.07, 6.45) is 14.3. The first-order valence-corrected chi connectivity index (χ1v) is 10.4. The van der Waals surface area contributed by atoms with Crippen LogP contribution in [0.3, 0.4) is 0 Å². The third-order valence-corrected chi connectivity index (χ3v) is 6.30. The van der Waals surface area contributed by atoms with Gasteiger partial charge in [-0.1, -0.05) is 23.7 Å². The number of terminal acetylenes is 1. The smallest absolute Gasteiger partial charge is 0.101 e. The molecule has 1 aliphatic rings. The summed E-state index contributed by atoms with van der Waals surface area (Å²) in [6.45, 7) is 4.14. The Morgan fingerprint density at radius 3 is 2.97 bits per heavy atom. The molecule has 0 spiro atoms. The zero-order chi connectivity index (χ0) is 19.8. The number of aromatic nitrogens is 5. The van der Waals surface area contributed by atoms with Gasteiger partial charge in [-0.05, 0) is 38.1 Å². The monoisotopic (exact) mass is 400 g/mol. The zero-order valence-corrected chi connectivity index (χ0v) is 16.9. The van der Waals surface area contributed by atoms with Crippen LogP contribution in [0.1, 0.15) is 23.7 Å². The molecule has 6 nitrogen and oxygen atoms in total.